The molecule has 0 unspecified atom stereocenters. The molecule has 0 heterocycles. The Bertz CT molecular complexity index is 753. The van der Waals surface area contributed by atoms with Gasteiger partial charge in [0, 0.05) is 18.7 Å². The molecule has 2 rings (SSSR count). The second-order valence-corrected chi connectivity index (χ2v) is 6.03. The van der Waals surface area contributed by atoms with Gasteiger partial charge in [-0.05, 0) is 35.8 Å². The number of carboxylic acid groups (broad SMARTS) is 1. The van der Waals surface area contributed by atoms with Crippen molar-refractivity contribution in [2.24, 2.45) is 0 Å². The van der Waals surface area contributed by atoms with E-state index in [-0.39, 0.29) is 6.79 Å². The first-order valence-corrected chi connectivity index (χ1v) is 9.04. The van der Waals surface area contributed by atoms with Crippen LogP contribution in [0.2, 0.25) is 0 Å². The molecule has 5 nitrogen and oxygen atoms in total. The zero-order chi connectivity index (χ0) is 19.5. The molecule has 2 aromatic carbocycles. The Morgan fingerprint density at radius 3 is 2.52 bits per heavy atom. The third-order valence-corrected chi connectivity index (χ3v) is 3.94. The summed E-state index contributed by atoms with van der Waals surface area (Å²) in [5.41, 5.74) is 1.98. The van der Waals surface area contributed by atoms with Gasteiger partial charge in [0.25, 0.3) is 0 Å². The zero-order valence-corrected chi connectivity index (χ0v) is 15.8. The highest BCUT2D eigenvalue weighted by Crippen LogP contribution is 2.34. The molecule has 0 aromatic heterocycles. The largest absolute Gasteiger partial charge is 0.494 e. The fourth-order valence-electron chi connectivity index (χ4n) is 2.66. The summed E-state index contributed by atoms with van der Waals surface area (Å²) >= 11 is 0. The number of hydrogen-bond donors (Lipinski definition) is 1. The number of rotatable bonds is 11. The van der Waals surface area contributed by atoms with Crippen LogP contribution in [0, 0.1) is 0 Å². The van der Waals surface area contributed by atoms with Crippen LogP contribution in [0.25, 0.3) is 5.57 Å². The summed E-state index contributed by atoms with van der Waals surface area (Å²) in [7, 11) is 1.54. The maximum atomic E-state index is 11.4. The third kappa shape index (κ3) is 6.46. The number of methoxy groups -OCH3 is 1. The van der Waals surface area contributed by atoms with Gasteiger partial charge in [-0.3, -0.25) is 0 Å². The summed E-state index contributed by atoms with van der Waals surface area (Å²) in [5, 5.41) is 9.37. The number of hydrogen-bond acceptors (Lipinski definition) is 4. The average molecular weight is 370 g/mol. The maximum absolute atomic E-state index is 11.4. The van der Waals surface area contributed by atoms with E-state index < -0.39 is 5.97 Å². The van der Waals surface area contributed by atoms with Gasteiger partial charge in [0.2, 0.25) is 0 Å². The monoisotopic (exact) mass is 370 g/mol. The summed E-state index contributed by atoms with van der Waals surface area (Å²) < 4.78 is 16.5. The minimum atomic E-state index is -1.03. The number of aliphatic carboxylic acids is 1. The van der Waals surface area contributed by atoms with Crippen molar-refractivity contribution in [3.05, 3.63) is 65.7 Å². The lowest BCUT2D eigenvalue weighted by Gasteiger charge is -2.16. The van der Waals surface area contributed by atoms with Crippen LogP contribution in [0.1, 0.15) is 37.3 Å². The van der Waals surface area contributed by atoms with E-state index in [0.29, 0.717) is 29.2 Å². The van der Waals surface area contributed by atoms with Crippen LogP contribution in [-0.2, 0) is 9.53 Å². The van der Waals surface area contributed by atoms with E-state index in [1.54, 1.807) is 6.07 Å². The van der Waals surface area contributed by atoms with Crippen molar-refractivity contribution in [3.8, 4) is 11.5 Å². The predicted octanol–water partition coefficient (Wildman–Crippen LogP) is 4.75. The van der Waals surface area contributed by atoms with Gasteiger partial charge < -0.3 is 19.3 Å². The first-order valence-electron chi connectivity index (χ1n) is 9.04. The van der Waals surface area contributed by atoms with Crippen molar-refractivity contribution >= 4 is 11.5 Å². The molecule has 0 aliphatic heterocycles. The third-order valence-electron chi connectivity index (χ3n) is 3.94. The molecular weight excluding hydrogens is 344 g/mol. The van der Waals surface area contributed by atoms with E-state index in [1.165, 1.54) is 13.2 Å². The average Bonchev–Trinajstić information content (AvgIpc) is 2.69. The number of carboxylic acids is 1. The van der Waals surface area contributed by atoms with Gasteiger partial charge in [-0.2, -0.15) is 0 Å². The molecule has 0 aliphatic carbocycles. The Hall–Kier alpha value is -2.79. The summed E-state index contributed by atoms with van der Waals surface area (Å²) in [6.07, 6.45) is 4.39. The minimum Gasteiger partial charge on any atom is -0.494 e. The minimum absolute atomic E-state index is 0.0683. The van der Waals surface area contributed by atoms with Crippen LogP contribution in [0.5, 0.6) is 11.5 Å². The molecule has 144 valence electrons. The van der Waals surface area contributed by atoms with Crippen molar-refractivity contribution in [1.82, 2.24) is 0 Å². The van der Waals surface area contributed by atoms with E-state index in [0.717, 1.165) is 24.8 Å². The molecule has 2 aromatic rings. The molecule has 0 saturated heterocycles. The number of unbranched alkanes of at least 4 members (excludes halogenated alkanes) is 2. The molecule has 0 atom stereocenters. The smallest absolute Gasteiger partial charge is 0.328 e. The Morgan fingerprint density at radius 1 is 1.07 bits per heavy atom. The standard InChI is InChI=1S/C22H26O5/c1-3-4-8-13-26-18-11-12-21(27-16-25-2)20(14-18)19(15-22(23)24)17-9-6-5-7-10-17/h5-7,9-12,14-15H,3-4,8,13,16H2,1-2H3,(H,23,24)/b19-15+. The zero-order valence-electron chi connectivity index (χ0n) is 15.8. The van der Waals surface area contributed by atoms with Crippen LogP contribution < -0.4 is 9.47 Å². The van der Waals surface area contributed by atoms with Gasteiger partial charge in [0.1, 0.15) is 11.5 Å². The second kappa shape index (κ2) is 11.0. The molecular formula is C22H26O5. The Balaban J connectivity index is 2.42. The van der Waals surface area contributed by atoms with Crippen molar-refractivity contribution < 1.29 is 24.1 Å². The fourth-order valence-corrected chi connectivity index (χ4v) is 2.66. The first kappa shape index (κ1) is 20.5. The number of carbonyl (C=O) groups is 1. The predicted molar refractivity (Wildman–Crippen MR) is 105 cm³/mol. The highest BCUT2D eigenvalue weighted by Gasteiger charge is 2.15. The van der Waals surface area contributed by atoms with E-state index in [9.17, 15) is 9.90 Å². The van der Waals surface area contributed by atoms with E-state index in [1.807, 2.05) is 42.5 Å². The molecule has 0 aliphatic rings. The molecule has 0 spiro atoms. The van der Waals surface area contributed by atoms with E-state index >= 15 is 0 Å². The molecule has 0 bridgehead atoms. The van der Waals surface area contributed by atoms with Crippen LogP contribution in [-0.4, -0.2) is 31.6 Å². The second-order valence-electron chi connectivity index (χ2n) is 6.03. The SMILES string of the molecule is CCCCCOc1ccc(OCOC)c(/C(=C/C(=O)O)c2ccccc2)c1. The highest BCUT2D eigenvalue weighted by molar-refractivity contribution is 5.96. The summed E-state index contributed by atoms with van der Waals surface area (Å²) in [4.78, 5) is 11.4. The van der Waals surface area contributed by atoms with Crippen molar-refractivity contribution in [3.63, 3.8) is 0 Å². The van der Waals surface area contributed by atoms with Gasteiger partial charge in [0.15, 0.2) is 6.79 Å². The lowest BCUT2D eigenvalue weighted by molar-refractivity contribution is -0.131. The van der Waals surface area contributed by atoms with Crippen molar-refractivity contribution in [2.45, 2.75) is 26.2 Å². The van der Waals surface area contributed by atoms with Crippen molar-refractivity contribution in [2.75, 3.05) is 20.5 Å². The lowest BCUT2D eigenvalue weighted by atomic mass is 9.96. The summed E-state index contributed by atoms with van der Waals surface area (Å²) in [6, 6.07) is 14.8. The van der Waals surface area contributed by atoms with Gasteiger partial charge in [-0.15, -0.1) is 0 Å². The molecule has 0 fully saturated rings. The lowest BCUT2D eigenvalue weighted by Crippen LogP contribution is -2.04. The summed E-state index contributed by atoms with van der Waals surface area (Å²) in [6.45, 7) is 2.83. The van der Waals surface area contributed by atoms with Gasteiger partial charge in [0.05, 0.1) is 6.61 Å². The molecule has 1 N–H and O–H groups in total. The highest BCUT2D eigenvalue weighted by atomic mass is 16.7. The maximum Gasteiger partial charge on any atom is 0.328 e. The van der Waals surface area contributed by atoms with Gasteiger partial charge >= 0.3 is 5.97 Å². The topological polar surface area (TPSA) is 65.0 Å². The Kier molecular flexibility index (Phi) is 8.39. The van der Waals surface area contributed by atoms with E-state index in [2.05, 4.69) is 6.92 Å². The fraction of sp³-hybridized carbons (Fsp3) is 0.318. The number of benzene rings is 2. The molecule has 5 heteroatoms. The van der Waals surface area contributed by atoms with Crippen molar-refractivity contribution in [1.29, 1.82) is 0 Å². The Labute approximate surface area is 160 Å². The summed E-state index contributed by atoms with van der Waals surface area (Å²) in [5.74, 6) is 0.188. The van der Waals surface area contributed by atoms with Crippen LogP contribution >= 0.6 is 0 Å². The van der Waals surface area contributed by atoms with Crippen LogP contribution in [0.15, 0.2) is 54.6 Å². The van der Waals surface area contributed by atoms with E-state index in [4.69, 9.17) is 14.2 Å². The molecule has 0 amide bonds. The molecule has 27 heavy (non-hydrogen) atoms. The van der Waals surface area contributed by atoms with Crippen LogP contribution in [0.4, 0.5) is 0 Å². The number of ether oxygens (including phenoxy) is 3. The molecule has 0 radical (unpaired) electrons. The quantitative estimate of drug-likeness (QED) is 0.351. The normalized spacial score (nSPS) is 11.3. The van der Waals surface area contributed by atoms with Gasteiger partial charge in [-0.25, -0.2) is 4.79 Å². The molecule has 0 saturated carbocycles. The van der Waals surface area contributed by atoms with Crippen LogP contribution in [0.3, 0.4) is 0 Å². The van der Waals surface area contributed by atoms with Gasteiger partial charge in [-0.1, -0.05) is 50.1 Å². The Morgan fingerprint density at radius 2 is 1.85 bits per heavy atom. The first-order chi connectivity index (χ1) is 13.2.